The van der Waals surface area contributed by atoms with E-state index in [-0.39, 0.29) is 5.69 Å². The number of nitrogens with two attached hydrogens (primary N) is 1. The van der Waals surface area contributed by atoms with Crippen molar-refractivity contribution in [2.45, 2.75) is 13.3 Å². The van der Waals surface area contributed by atoms with E-state index in [9.17, 15) is 4.79 Å². The van der Waals surface area contributed by atoms with E-state index >= 15 is 0 Å². The van der Waals surface area contributed by atoms with E-state index in [4.69, 9.17) is 5.73 Å². The van der Waals surface area contributed by atoms with Crippen LogP contribution in [0.1, 0.15) is 11.3 Å². The van der Waals surface area contributed by atoms with Gasteiger partial charge in [-0.15, -0.1) is 0 Å². The Hall–Kier alpha value is -2.14. The highest BCUT2D eigenvalue weighted by molar-refractivity contribution is 5.60. The Morgan fingerprint density at radius 3 is 2.67 bits per heavy atom. The van der Waals surface area contributed by atoms with Crippen LogP contribution in [0.3, 0.4) is 0 Å². The molecule has 5 nitrogen and oxygen atoms in total. The molecule has 18 heavy (non-hydrogen) atoms. The third kappa shape index (κ3) is 2.95. The number of aromatic nitrogens is 2. The van der Waals surface area contributed by atoms with Crippen molar-refractivity contribution in [1.82, 2.24) is 9.97 Å². The van der Waals surface area contributed by atoms with Crippen LogP contribution in [-0.4, -0.2) is 16.5 Å². The first-order valence-corrected chi connectivity index (χ1v) is 5.81. The molecule has 0 aliphatic carbocycles. The van der Waals surface area contributed by atoms with Gasteiger partial charge in [-0.3, -0.25) is 0 Å². The molecule has 0 unspecified atom stereocenters. The summed E-state index contributed by atoms with van der Waals surface area (Å²) in [6.45, 7) is 2.48. The molecule has 0 amide bonds. The van der Waals surface area contributed by atoms with E-state index in [1.165, 1.54) is 11.8 Å². The summed E-state index contributed by atoms with van der Waals surface area (Å²) in [7, 11) is 0. The molecule has 0 aliphatic heterocycles. The number of aromatic amines is 1. The molecule has 1 aromatic carbocycles. The van der Waals surface area contributed by atoms with Crippen LogP contribution >= 0.6 is 0 Å². The van der Waals surface area contributed by atoms with Crippen LogP contribution in [0.15, 0.2) is 35.3 Å². The summed E-state index contributed by atoms with van der Waals surface area (Å²) in [5.41, 5.74) is 8.88. The van der Waals surface area contributed by atoms with Gasteiger partial charge in [0.25, 0.3) is 0 Å². The van der Waals surface area contributed by atoms with Crippen molar-refractivity contribution in [1.29, 1.82) is 0 Å². The van der Waals surface area contributed by atoms with Crippen molar-refractivity contribution >= 4 is 11.4 Å². The first kappa shape index (κ1) is 12.3. The average molecular weight is 244 g/mol. The predicted molar refractivity (Wildman–Crippen MR) is 72.1 cm³/mol. The lowest BCUT2D eigenvalue weighted by Crippen LogP contribution is -2.12. The predicted octanol–water partition coefficient (Wildman–Crippen LogP) is 1.32. The highest BCUT2D eigenvalue weighted by Crippen LogP contribution is 2.17. The van der Waals surface area contributed by atoms with Gasteiger partial charge >= 0.3 is 5.69 Å². The molecule has 0 bridgehead atoms. The zero-order chi connectivity index (χ0) is 13.0. The van der Waals surface area contributed by atoms with E-state index in [0.29, 0.717) is 6.54 Å². The second-order valence-electron chi connectivity index (χ2n) is 4.09. The number of rotatable bonds is 4. The molecule has 4 N–H and O–H groups in total. The quantitative estimate of drug-likeness (QED) is 0.757. The van der Waals surface area contributed by atoms with Gasteiger partial charge in [0.05, 0.1) is 11.9 Å². The molecule has 0 spiro atoms. The molecule has 0 radical (unpaired) electrons. The van der Waals surface area contributed by atoms with Gasteiger partial charge in [-0.1, -0.05) is 12.1 Å². The molecular formula is C13H16N4O. The van der Waals surface area contributed by atoms with Crippen molar-refractivity contribution < 1.29 is 0 Å². The molecule has 2 rings (SSSR count). The maximum absolute atomic E-state index is 11.0. The highest BCUT2D eigenvalue weighted by Gasteiger charge is 2.00. The Morgan fingerprint density at radius 2 is 2.06 bits per heavy atom. The second kappa shape index (κ2) is 5.46. The van der Waals surface area contributed by atoms with E-state index in [0.717, 1.165) is 23.5 Å². The smallest absolute Gasteiger partial charge is 0.345 e. The molecule has 0 fully saturated rings. The molecule has 0 atom stereocenters. The minimum absolute atomic E-state index is 0.337. The monoisotopic (exact) mass is 244 g/mol. The summed E-state index contributed by atoms with van der Waals surface area (Å²) in [4.78, 5) is 17.3. The zero-order valence-electron chi connectivity index (χ0n) is 10.2. The van der Waals surface area contributed by atoms with Crippen LogP contribution in [0, 0.1) is 6.92 Å². The Kier molecular flexibility index (Phi) is 3.74. The van der Waals surface area contributed by atoms with Gasteiger partial charge in [0.2, 0.25) is 0 Å². The lowest BCUT2D eigenvalue weighted by Gasteiger charge is -2.09. The number of benzene rings is 1. The van der Waals surface area contributed by atoms with Crippen molar-refractivity contribution in [2.24, 2.45) is 5.73 Å². The van der Waals surface area contributed by atoms with Crippen LogP contribution in [0.4, 0.5) is 11.4 Å². The summed E-state index contributed by atoms with van der Waals surface area (Å²) in [6.07, 6.45) is 2.40. The number of hydrogen-bond donors (Lipinski definition) is 3. The maximum Gasteiger partial charge on any atom is 0.345 e. The fraction of sp³-hybridized carbons (Fsp3) is 0.231. The third-order valence-electron chi connectivity index (χ3n) is 2.68. The van der Waals surface area contributed by atoms with Crippen molar-refractivity contribution in [3.8, 4) is 0 Å². The van der Waals surface area contributed by atoms with Crippen LogP contribution in [0.5, 0.6) is 0 Å². The van der Waals surface area contributed by atoms with Crippen molar-refractivity contribution in [3.05, 3.63) is 52.2 Å². The van der Waals surface area contributed by atoms with Crippen LogP contribution in [0.2, 0.25) is 0 Å². The minimum Gasteiger partial charge on any atom is -0.353 e. The van der Waals surface area contributed by atoms with Crippen LogP contribution in [-0.2, 0) is 6.42 Å². The maximum atomic E-state index is 11.0. The van der Waals surface area contributed by atoms with Gasteiger partial charge < -0.3 is 16.0 Å². The first-order valence-electron chi connectivity index (χ1n) is 5.81. The molecular weight excluding hydrogens is 228 g/mol. The van der Waals surface area contributed by atoms with E-state index in [1.54, 1.807) is 0 Å². The zero-order valence-corrected chi connectivity index (χ0v) is 10.2. The third-order valence-corrected chi connectivity index (χ3v) is 2.68. The normalized spacial score (nSPS) is 10.3. The molecule has 5 heteroatoms. The topological polar surface area (TPSA) is 83.8 Å². The molecule has 0 aliphatic rings. The number of hydrogen-bond acceptors (Lipinski definition) is 4. The summed E-state index contributed by atoms with van der Waals surface area (Å²) in [6, 6.07) is 8.03. The van der Waals surface area contributed by atoms with Crippen molar-refractivity contribution in [2.75, 3.05) is 11.9 Å². The largest absolute Gasteiger partial charge is 0.353 e. The molecule has 0 saturated carbocycles. The molecule has 0 saturated heterocycles. The standard InChI is InChI=1S/C13H16N4O/c1-9-12(8-15-13(18)16-9)17-11-4-2-10(3-5-11)6-7-14/h2-5,8,17H,6-7,14H2,1H3,(H,15,16,18). The SMILES string of the molecule is Cc1[nH]c(=O)ncc1Nc1ccc(CCN)cc1. The minimum atomic E-state index is -0.337. The van der Waals surface area contributed by atoms with Gasteiger partial charge in [0.15, 0.2) is 0 Å². The Labute approximate surface area is 105 Å². The fourth-order valence-electron chi connectivity index (χ4n) is 1.68. The number of anilines is 2. The Morgan fingerprint density at radius 1 is 1.33 bits per heavy atom. The van der Waals surface area contributed by atoms with Gasteiger partial charge in [0.1, 0.15) is 0 Å². The summed E-state index contributed by atoms with van der Waals surface area (Å²) >= 11 is 0. The summed E-state index contributed by atoms with van der Waals surface area (Å²) < 4.78 is 0. The van der Waals surface area contributed by atoms with Crippen LogP contribution < -0.4 is 16.7 Å². The second-order valence-corrected chi connectivity index (χ2v) is 4.09. The summed E-state index contributed by atoms with van der Waals surface area (Å²) in [5.74, 6) is 0. The lowest BCUT2D eigenvalue weighted by atomic mass is 10.1. The van der Waals surface area contributed by atoms with Gasteiger partial charge in [-0.25, -0.2) is 4.79 Å². The number of aryl methyl sites for hydroxylation is 1. The van der Waals surface area contributed by atoms with E-state index < -0.39 is 0 Å². The number of H-pyrrole nitrogens is 1. The molecule has 1 aromatic heterocycles. The fourth-order valence-corrected chi connectivity index (χ4v) is 1.68. The van der Waals surface area contributed by atoms with E-state index in [1.807, 2.05) is 31.2 Å². The van der Waals surface area contributed by atoms with E-state index in [2.05, 4.69) is 15.3 Å². The average Bonchev–Trinajstić information content (AvgIpc) is 2.35. The molecule has 94 valence electrons. The van der Waals surface area contributed by atoms with Gasteiger partial charge in [-0.05, 0) is 37.6 Å². The van der Waals surface area contributed by atoms with Gasteiger partial charge in [-0.2, -0.15) is 4.98 Å². The van der Waals surface area contributed by atoms with Crippen molar-refractivity contribution in [3.63, 3.8) is 0 Å². The van der Waals surface area contributed by atoms with Gasteiger partial charge in [0, 0.05) is 11.4 Å². The van der Waals surface area contributed by atoms with Crippen LogP contribution in [0.25, 0.3) is 0 Å². The Balaban J connectivity index is 2.15. The first-order chi connectivity index (χ1) is 8.69. The molecule has 1 heterocycles. The Bertz CT molecular complexity index is 574. The number of nitrogens with zero attached hydrogens (tertiary/aromatic N) is 1. The highest BCUT2D eigenvalue weighted by atomic mass is 16.1. The number of nitrogens with one attached hydrogen (secondary N) is 2. The molecule has 2 aromatic rings. The summed E-state index contributed by atoms with van der Waals surface area (Å²) in [5, 5.41) is 3.20. The lowest BCUT2D eigenvalue weighted by molar-refractivity contribution is 0.969.